The Morgan fingerprint density at radius 2 is 1.93 bits per heavy atom. The highest BCUT2D eigenvalue weighted by molar-refractivity contribution is 5.81. The number of ether oxygens (including phenoxy) is 1. The fraction of sp³-hybridized carbons (Fsp3) is 0.600. The molecule has 27 heavy (non-hydrogen) atoms. The van der Waals surface area contributed by atoms with Crippen LogP contribution >= 0.6 is 0 Å². The number of methoxy groups -OCH3 is 1. The summed E-state index contributed by atoms with van der Waals surface area (Å²) in [5.74, 6) is 0.935. The summed E-state index contributed by atoms with van der Waals surface area (Å²) < 4.78 is 5.18. The molecule has 0 radical (unpaired) electrons. The molecule has 2 N–H and O–H groups in total. The van der Waals surface area contributed by atoms with Crippen molar-refractivity contribution in [2.45, 2.75) is 25.7 Å². The lowest BCUT2D eigenvalue weighted by Gasteiger charge is -2.34. The Labute approximate surface area is 161 Å². The van der Waals surface area contributed by atoms with Crippen LogP contribution in [0.15, 0.2) is 24.3 Å². The lowest BCUT2D eigenvalue weighted by molar-refractivity contribution is -0.121. The Bertz CT molecular complexity index is 598. The van der Waals surface area contributed by atoms with Crippen LogP contribution in [0, 0.1) is 5.92 Å². The largest absolute Gasteiger partial charge is 0.497 e. The molecule has 7 nitrogen and oxygen atoms in total. The number of carbonyl (C=O) groups excluding carboxylic acids is 1. The van der Waals surface area contributed by atoms with Crippen molar-refractivity contribution in [3.05, 3.63) is 29.8 Å². The second kappa shape index (κ2) is 10.8. The lowest BCUT2D eigenvalue weighted by Crippen LogP contribution is -2.44. The molecule has 1 aliphatic rings. The van der Waals surface area contributed by atoms with Crippen molar-refractivity contribution < 1.29 is 19.4 Å². The lowest BCUT2D eigenvalue weighted by atomic mass is 9.96. The number of carboxylic acid groups (broad SMARTS) is 1. The third-order valence-electron chi connectivity index (χ3n) is 5.17. The van der Waals surface area contributed by atoms with E-state index in [0.717, 1.165) is 51.1 Å². The van der Waals surface area contributed by atoms with Crippen molar-refractivity contribution >= 4 is 12.0 Å². The Kier molecular flexibility index (Phi) is 8.39. The number of aryl methyl sites for hydroxylation is 1. The van der Waals surface area contributed by atoms with E-state index in [9.17, 15) is 14.7 Å². The van der Waals surface area contributed by atoms with Gasteiger partial charge in [0.1, 0.15) is 12.3 Å². The van der Waals surface area contributed by atoms with E-state index in [1.165, 1.54) is 17.5 Å². The molecule has 0 spiro atoms. The van der Waals surface area contributed by atoms with Crippen molar-refractivity contribution in [3.8, 4) is 5.75 Å². The normalized spacial score (nSPS) is 15.3. The van der Waals surface area contributed by atoms with Crippen LogP contribution < -0.4 is 10.1 Å². The van der Waals surface area contributed by atoms with Crippen LogP contribution in [-0.4, -0.2) is 73.8 Å². The Morgan fingerprint density at radius 1 is 1.26 bits per heavy atom. The molecule has 7 heteroatoms. The molecule has 1 aliphatic heterocycles. The molecule has 2 rings (SSSR count). The van der Waals surface area contributed by atoms with Gasteiger partial charge in [0.25, 0.3) is 0 Å². The van der Waals surface area contributed by atoms with Crippen LogP contribution in [0.2, 0.25) is 0 Å². The molecule has 2 amide bonds. The monoisotopic (exact) mass is 377 g/mol. The molecule has 0 unspecified atom stereocenters. The molecule has 0 aromatic heterocycles. The Balaban J connectivity index is 1.68. The van der Waals surface area contributed by atoms with E-state index in [1.54, 1.807) is 7.11 Å². The third kappa shape index (κ3) is 7.09. The summed E-state index contributed by atoms with van der Waals surface area (Å²) in [6.07, 6.45) is 3.07. The number of carbonyl (C=O) groups is 2. The van der Waals surface area contributed by atoms with Crippen LogP contribution in [0.4, 0.5) is 4.79 Å². The van der Waals surface area contributed by atoms with Crippen molar-refractivity contribution in [2.75, 3.05) is 46.9 Å². The summed E-state index contributed by atoms with van der Waals surface area (Å²) in [6, 6.07) is 8.21. The zero-order valence-electron chi connectivity index (χ0n) is 16.3. The topological polar surface area (TPSA) is 82.1 Å². The van der Waals surface area contributed by atoms with Crippen molar-refractivity contribution in [1.29, 1.82) is 0 Å². The van der Waals surface area contributed by atoms with Crippen LogP contribution in [0.25, 0.3) is 0 Å². The summed E-state index contributed by atoms with van der Waals surface area (Å²) in [5.41, 5.74) is 1.32. The van der Waals surface area contributed by atoms with E-state index in [-0.39, 0.29) is 12.5 Å². The van der Waals surface area contributed by atoms with Gasteiger partial charge < -0.3 is 20.1 Å². The highest BCUT2D eigenvalue weighted by Crippen LogP contribution is 2.19. The molecule has 1 saturated heterocycles. The van der Waals surface area contributed by atoms with E-state index >= 15 is 0 Å². The van der Waals surface area contributed by atoms with Gasteiger partial charge in [-0.3, -0.25) is 9.69 Å². The summed E-state index contributed by atoms with van der Waals surface area (Å²) >= 11 is 0. The molecule has 1 fully saturated rings. The zero-order chi connectivity index (χ0) is 19.6. The SMILES string of the molecule is CNC(=O)CN(CC1CCN(CCCc2ccc(OC)cc2)CC1)C(=O)O. The van der Waals surface area contributed by atoms with Gasteiger partial charge in [-0.1, -0.05) is 12.1 Å². The summed E-state index contributed by atoms with van der Waals surface area (Å²) in [4.78, 5) is 26.5. The van der Waals surface area contributed by atoms with Crippen LogP contribution in [0.5, 0.6) is 5.75 Å². The second-order valence-electron chi connectivity index (χ2n) is 7.07. The van der Waals surface area contributed by atoms with Gasteiger partial charge >= 0.3 is 6.09 Å². The maximum absolute atomic E-state index is 11.5. The highest BCUT2D eigenvalue weighted by Gasteiger charge is 2.24. The first kappa shape index (κ1) is 21.0. The molecule has 1 heterocycles. The first-order valence-electron chi connectivity index (χ1n) is 9.55. The number of nitrogens with zero attached hydrogens (tertiary/aromatic N) is 2. The van der Waals surface area contributed by atoms with Gasteiger partial charge in [-0.2, -0.15) is 0 Å². The van der Waals surface area contributed by atoms with E-state index in [1.807, 2.05) is 12.1 Å². The fourth-order valence-electron chi connectivity index (χ4n) is 3.47. The summed E-state index contributed by atoms with van der Waals surface area (Å²) in [7, 11) is 3.19. The molecule has 0 atom stereocenters. The predicted molar refractivity (Wildman–Crippen MR) is 104 cm³/mol. The van der Waals surface area contributed by atoms with Crippen LogP contribution in [0.3, 0.4) is 0 Å². The zero-order valence-corrected chi connectivity index (χ0v) is 16.3. The minimum Gasteiger partial charge on any atom is -0.497 e. The minimum atomic E-state index is -1.03. The number of amides is 2. The number of likely N-dealkylation sites (tertiary alicyclic amines) is 1. The maximum atomic E-state index is 11.5. The first-order chi connectivity index (χ1) is 13.0. The van der Waals surface area contributed by atoms with Crippen molar-refractivity contribution in [1.82, 2.24) is 15.1 Å². The van der Waals surface area contributed by atoms with E-state index < -0.39 is 6.09 Å². The average Bonchev–Trinajstić information content (AvgIpc) is 2.69. The van der Waals surface area contributed by atoms with Gasteiger partial charge in [0.2, 0.25) is 5.91 Å². The molecule has 0 saturated carbocycles. The third-order valence-corrected chi connectivity index (χ3v) is 5.17. The summed E-state index contributed by atoms with van der Waals surface area (Å²) in [6.45, 7) is 3.37. The number of rotatable bonds is 9. The number of nitrogens with one attached hydrogen (secondary N) is 1. The Morgan fingerprint density at radius 3 is 2.48 bits per heavy atom. The van der Waals surface area contributed by atoms with Gasteiger partial charge in [0.15, 0.2) is 0 Å². The van der Waals surface area contributed by atoms with Crippen LogP contribution in [0.1, 0.15) is 24.8 Å². The number of hydrogen-bond acceptors (Lipinski definition) is 4. The molecular weight excluding hydrogens is 346 g/mol. The standard InChI is InChI=1S/C20H31N3O4/c1-21-19(24)15-23(20(25)26)14-17-9-12-22(13-10-17)11-3-4-16-5-7-18(27-2)8-6-16/h5-8,17H,3-4,9-15H2,1-2H3,(H,21,24)(H,25,26). The molecule has 0 aliphatic carbocycles. The number of hydrogen-bond donors (Lipinski definition) is 2. The van der Waals surface area contributed by atoms with Crippen molar-refractivity contribution in [3.63, 3.8) is 0 Å². The molecule has 0 bridgehead atoms. The maximum Gasteiger partial charge on any atom is 0.407 e. The van der Waals surface area contributed by atoms with E-state index in [2.05, 4.69) is 22.3 Å². The van der Waals surface area contributed by atoms with Crippen molar-refractivity contribution in [2.24, 2.45) is 5.92 Å². The Hall–Kier alpha value is -2.28. The minimum absolute atomic E-state index is 0.0894. The number of likely N-dealkylation sites (N-methyl/N-ethyl adjacent to an activating group) is 1. The predicted octanol–water partition coefficient (Wildman–Crippen LogP) is 2.07. The average molecular weight is 377 g/mol. The van der Waals surface area contributed by atoms with E-state index in [0.29, 0.717) is 12.5 Å². The van der Waals surface area contributed by atoms with Gasteiger partial charge in [-0.05, 0) is 68.9 Å². The molecule has 150 valence electrons. The van der Waals surface area contributed by atoms with Gasteiger partial charge in [-0.15, -0.1) is 0 Å². The van der Waals surface area contributed by atoms with Gasteiger partial charge in [0, 0.05) is 13.6 Å². The second-order valence-corrected chi connectivity index (χ2v) is 7.07. The van der Waals surface area contributed by atoms with E-state index in [4.69, 9.17) is 4.74 Å². The molecular formula is C20H31N3O4. The first-order valence-corrected chi connectivity index (χ1v) is 9.55. The van der Waals surface area contributed by atoms with Crippen LogP contribution in [-0.2, 0) is 11.2 Å². The number of piperidine rings is 1. The molecule has 1 aromatic carbocycles. The summed E-state index contributed by atoms with van der Waals surface area (Å²) in [5, 5.41) is 11.8. The van der Waals surface area contributed by atoms with Gasteiger partial charge in [-0.25, -0.2) is 4.79 Å². The van der Waals surface area contributed by atoms with Gasteiger partial charge in [0.05, 0.1) is 7.11 Å². The highest BCUT2D eigenvalue weighted by atomic mass is 16.5. The molecule has 1 aromatic rings. The number of benzene rings is 1. The quantitative estimate of drug-likeness (QED) is 0.688. The smallest absolute Gasteiger partial charge is 0.407 e. The fourth-order valence-corrected chi connectivity index (χ4v) is 3.47.